The highest BCUT2D eigenvalue weighted by atomic mass is 16.5. The fraction of sp³-hybridized carbons (Fsp3) is 0.720. The maximum atomic E-state index is 13.7. The van der Waals surface area contributed by atoms with Crippen LogP contribution in [0, 0.1) is 12.8 Å². The van der Waals surface area contributed by atoms with Crippen molar-refractivity contribution >= 4 is 17.4 Å². The molecule has 4 heterocycles. The van der Waals surface area contributed by atoms with Gasteiger partial charge in [0.15, 0.2) is 5.65 Å². The molecule has 2 aliphatic heterocycles. The molecule has 5 rings (SSSR count). The van der Waals surface area contributed by atoms with Gasteiger partial charge in [-0.05, 0) is 52.4 Å². The third-order valence-corrected chi connectivity index (χ3v) is 7.68. The number of amides is 1. The minimum atomic E-state index is -0.0253. The maximum absolute atomic E-state index is 13.7. The predicted molar refractivity (Wildman–Crippen MR) is 128 cm³/mol. The zero-order valence-corrected chi connectivity index (χ0v) is 20.1. The van der Waals surface area contributed by atoms with Crippen molar-refractivity contribution in [2.45, 2.75) is 83.4 Å². The lowest BCUT2D eigenvalue weighted by atomic mass is 9.84. The van der Waals surface area contributed by atoms with Crippen molar-refractivity contribution < 1.29 is 9.53 Å². The van der Waals surface area contributed by atoms with Gasteiger partial charge in [-0.15, -0.1) is 0 Å². The van der Waals surface area contributed by atoms with Crippen molar-refractivity contribution in [3.05, 3.63) is 23.5 Å². The lowest BCUT2D eigenvalue weighted by Crippen LogP contribution is -2.46. The molecule has 33 heavy (non-hydrogen) atoms. The van der Waals surface area contributed by atoms with Crippen LogP contribution >= 0.6 is 0 Å². The number of nitrogens with zero attached hydrogens (tertiary/aromatic N) is 5. The number of rotatable bonds is 5. The van der Waals surface area contributed by atoms with E-state index in [0.29, 0.717) is 6.61 Å². The molecule has 2 aromatic heterocycles. The van der Waals surface area contributed by atoms with Crippen molar-refractivity contribution in [3.8, 4) is 0 Å². The Hall–Kier alpha value is -2.19. The topological polar surface area (TPSA) is 89.0 Å². The van der Waals surface area contributed by atoms with E-state index in [0.717, 1.165) is 93.7 Å². The smallest absolute Gasteiger partial charge is 0.228 e. The maximum Gasteiger partial charge on any atom is 0.228 e. The number of hydrogen-bond donors (Lipinski definition) is 1. The highest BCUT2D eigenvalue weighted by molar-refractivity contribution is 5.80. The molecule has 0 radical (unpaired) electrons. The molecule has 2 N–H and O–H groups in total. The predicted octanol–water partition coefficient (Wildman–Crippen LogP) is 3.22. The van der Waals surface area contributed by atoms with Gasteiger partial charge in [0.1, 0.15) is 5.82 Å². The van der Waals surface area contributed by atoms with Crippen molar-refractivity contribution in [1.29, 1.82) is 0 Å². The summed E-state index contributed by atoms with van der Waals surface area (Å²) >= 11 is 0. The number of piperidine rings is 1. The molecule has 0 bridgehead atoms. The molecular formula is C25H38N6O2. The van der Waals surface area contributed by atoms with E-state index in [4.69, 9.17) is 20.6 Å². The molecule has 8 heteroatoms. The number of aromatic nitrogens is 3. The van der Waals surface area contributed by atoms with E-state index < -0.39 is 0 Å². The van der Waals surface area contributed by atoms with E-state index in [9.17, 15) is 4.79 Å². The Morgan fingerprint density at radius 1 is 1.15 bits per heavy atom. The van der Waals surface area contributed by atoms with Crippen LogP contribution in [-0.4, -0.2) is 63.8 Å². The molecule has 2 unspecified atom stereocenters. The summed E-state index contributed by atoms with van der Waals surface area (Å²) in [7, 11) is 0. The molecule has 3 fully saturated rings. The van der Waals surface area contributed by atoms with E-state index >= 15 is 0 Å². The second-order valence-corrected chi connectivity index (χ2v) is 10.0. The van der Waals surface area contributed by atoms with E-state index in [1.54, 1.807) is 0 Å². The van der Waals surface area contributed by atoms with Gasteiger partial charge in [-0.25, -0.2) is 9.50 Å². The lowest BCUT2D eigenvalue weighted by molar-refractivity contribution is -0.147. The summed E-state index contributed by atoms with van der Waals surface area (Å²) in [4.78, 5) is 23.1. The molecule has 1 aliphatic carbocycles. The average Bonchev–Trinajstić information content (AvgIpc) is 3.44. The van der Waals surface area contributed by atoms with Crippen molar-refractivity contribution in [3.63, 3.8) is 0 Å². The Morgan fingerprint density at radius 2 is 1.97 bits per heavy atom. The minimum absolute atomic E-state index is 0.0149. The second kappa shape index (κ2) is 9.58. The second-order valence-electron chi connectivity index (χ2n) is 10.0. The molecule has 180 valence electrons. The minimum Gasteiger partial charge on any atom is -0.378 e. The highest BCUT2D eigenvalue weighted by Gasteiger charge is 2.38. The number of ether oxygens (including phenoxy) is 1. The Bertz CT molecular complexity index is 989. The zero-order valence-electron chi connectivity index (χ0n) is 20.1. The molecule has 3 aliphatic rings. The number of carbonyl (C=O) groups is 1. The number of fused-ring (bicyclic) bond motifs is 1. The summed E-state index contributed by atoms with van der Waals surface area (Å²) in [6.07, 6.45) is 10.4. The zero-order chi connectivity index (χ0) is 22.9. The molecular weight excluding hydrogens is 416 g/mol. The summed E-state index contributed by atoms with van der Waals surface area (Å²) in [6, 6.07) is 2.31. The van der Waals surface area contributed by atoms with Gasteiger partial charge in [0.25, 0.3) is 0 Å². The lowest BCUT2D eigenvalue weighted by Gasteiger charge is -2.40. The number of likely N-dealkylation sites (tertiary alicyclic amines) is 1. The van der Waals surface area contributed by atoms with Gasteiger partial charge in [-0.1, -0.05) is 12.8 Å². The quantitative estimate of drug-likeness (QED) is 0.746. The Kier molecular flexibility index (Phi) is 6.56. The van der Waals surface area contributed by atoms with E-state index in [-0.39, 0.29) is 30.0 Å². The van der Waals surface area contributed by atoms with Gasteiger partial charge in [-0.2, -0.15) is 5.10 Å². The van der Waals surface area contributed by atoms with Crippen molar-refractivity contribution in [2.24, 2.45) is 11.7 Å². The van der Waals surface area contributed by atoms with Crippen LogP contribution in [0.2, 0.25) is 0 Å². The van der Waals surface area contributed by atoms with Gasteiger partial charge < -0.3 is 20.3 Å². The first-order chi connectivity index (χ1) is 16.0. The number of carbonyl (C=O) groups excluding carboxylic acids is 1. The first kappa shape index (κ1) is 22.6. The first-order valence-corrected chi connectivity index (χ1v) is 12.8. The standard InChI is InChI=1S/C25H38N6O2/c1-3-33-22-10-5-4-8-19(22)25(32)30-12-7-6-9-21(30)20-14-23-27-24(17(2)15-31(23)28-20)29-13-11-18(26)16-29/h14-15,18-19,21-22H,3-13,16,26H2,1-2H3/t18-,19?,21-,22?/m0/s1. The molecule has 2 saturated heterocycles. The van der Waals surface area contributed by atoms with Crippen LogP contribution in [0.1, 0.15) is 75.6 Å². The van der Waals surface area contributed by atoms with Gasteiger partial charge in [0.05, 0.1) is 23.8 Å². The van der Waals surface area contributed by atoms with Gasteiger partial charge >= 0.3 is 0 Å². The third-order valence-electron chi connectivity index (χ3n) is 7.68. The van der Waals surface area contributed by atoms with Crippen LogP contribution in [0.25, 0.3) is 5.65 Å². The monoisotopic (exact) mass is 454 g/mol. The van der Waals surface area contributed by atoms with Gasteiger partial charge in [0, 0.05) is 50.1 Å². The van der Waals surface area contributed by atoms with Crippen LogP contribution in [0.15, 0.2) is 12.3 Å². The molecule has 1 saturated carbocycles. The highest BCUT2D eigenvalue weighted by Crippen LogP contribution is 2.36. The molecule has 1 amide bonds. The molecule has 2 aromatic rings. The summed E-state index contributed by atoms with van der Waals surface area (Å²) in [6.45, 7) is 7.36. The summed E-state index contributed by atoms with van der Waals surface area (Å²) in [5, 5.41) is 4.90. The van der Waals surface area contributed by atoms with Gasteiger partial charge in [0.2, 0.25) is 5.91 Å². The van der Waals surface area contributed by atoms with Crippen LogP contribution < -0.4 is 10.6 Å². The van der Waals surface area contributed by atoms with E-state index in [1.807, 2.05) is 11.4 Å². The fourth-order valence-corrected chi connectivity index (χ4v) is 5.99. The fourth-order valence-electron chi connectivity index (χ4n) is 5.99. The Balaban J connectivity index is 1.41. The number of hydrogen-bond acceptors (Lipinski definition) is 6. The molecule has 0 spiro atoms. The largest absolute Gasteiger partial charge is 0.378 e. The number of aryl methyl sites for hydroxylation is 1. The third kappa shape index (κ3) is 4.47. The summed E-state index contributed by atoms with van der Waals surface area (Å²) in [5.41, 5.74) is 9.02. The van der Waals surface area contributed by atoms with Crippen LogP contribution in [0.5, 0.6) is 0 Å². The van der Waals surface area contributed by atoms with Crippen LogP contribution in [-0.2, 0) is 9.53 Å². The summed E-state index contributed by atoms with van der Waals surface area (Å²) < 4.78 is 7.87. The van der Waals surface area contributed by atoms with Crippen molar-refractivity contribution in [1.82, 2.24) is 19.5 Å². The number of anilines is 1. The van der Waals surface area contributed by atoms with E-state index in [1.165, 1.54) is 0 Å². The molecule has 4 atom stereocenters. The Morgan fingerprint density at radius 3 is 2.76 bits per heavy atom. The molecule has 8 nitrogen and oxygen atoms in total. The molecule has 0 aromatic carbocycles. The van der Waals surface area contributed by atoms with Crippen LogP contribution in [0.3, 0.4) is 0 Å². The average molecular weight is 455 g/mol. The summed E-state index contributed by atoms with van der Waals surface area (Å²) in [5.74, 6) is 1.23. The van der Waals surface area contributed by atoms with Gasteiger partial charge in [-0.3, -0.25) is 4.79 Å². The normalized spacial score (nSPS) is 28.6. The van der Waals surface area contributed by atoms with Crippen LogP contribution in [0.4, 0.5) is 5.82 Å². The van der Waals surface area contributed by atoms with E-state index in [2.05, 4.69) is 29.0 Å². The SMILES string of the molecule is CCOC1CCCCC1C(=O)N1CCCC[C@H]1c1cc2nc(N3CC[C@H](N)C3)c(C)cn2n1. The number of nitrogens with two attached hydrogens (primary N) is 1. The Labute approximate surface area is 196 Å². The van der Waals surface area contributed by atoms with Crippen molar-refractivity contribution in [2.75, 3.05) is 31.1 Å². The first-order valence-electron chi connectivity index (χ1n) is 12.8.